The van der Waals surface area contributed by atoms with Crippen molar-refractivity contribution in [3.05, 3.63) is 29.8 Å². The molecule has 3 rings (SSSR count). The van der Waals surface area contributed by atoms with Gasteiger partial charge in [0.2, 0.25) is 5.91 Å². The van der Waals surface area contributed by atoms with Crippen molar-refractivity contribution >= 4 is 11.9 Å². The van der Waals surface area contributed by atoms with Gasteiger partial charge in [0, 0.05) is 26.2 Å². The zero-order valence-electron chi connectivity index (χ0n) is 18.5. The molecule has 1 aromatic carbocycles. The molecule has 2 N–H and O–H groups in total. The summed E-state index contributed by atoms with van der Waals surface area (Å²) in [6.45, 7) is 7.67. The molecule has 7 nitrogen and oxygen atoms in total. The topological polar surface area (TPSA) is 69.2 Å². The Morgan fingerprint density at radius 1 is 1.10 bits per heavy atom. The van der Waals surface area contributed by atoms with E-state index in [1.165, 1.54) is 24.8 Å². The molecule has 1 atom stereocenters. The summed E-state index contributed by atoms with van der Waals surface area (Å²) in [7, 11) is 1.71. The molecular weight excluding hydrogens is 378 g/mol. The number of nitrogens with one attached hydrogen (secondary N) is 2. The minimum Gasteiger partial charge on any atom is -0.497 e. The van der Waals surface area contributed by atoms with Crippen LogP contribution in [0, 0.1) is 0 Å². The van der Waals surface area contributed by atoms with Crippen LogP contribution in [0.25, 0.3) is 0 Å². The van der Waals surface area contributed by atoms with Gasteiger partial charge in [-0.2, -0.15) is 0 Å². The van der Waals surface area contributed by atoms with Gasteiger partial charge in [-0.1, -0.05) is 12.1 Å². The van der Waals surface area contributed by atoms with Gasteiger partial charge >= 0.3 is 0 Å². The molecule has 1 amide bonds. The third kappa shape index (κ3) is 6.36. The standard InChI is InChI=1S/C23H37N5O2/c1-3-24-23(26-18-22(29)28-14-5-4-6-15-28)25-17-21(27-12-7-8-13-27)19-10-9-11-20(16-19)30-2/h9-11,16,21H,3-8,12-15,17-18H2,1-2H3,(H2,24,25,26). The molecule has 30 heavy (non-hydrogen) atoms. The van der Waals surface area contributed by atoms with Crippen LogP contribution in [-0.2, 0) is 4.79 Å². The predicted molar refractivity (Wildman–Crippen MR) is 121 cm³/mol. The highest BCUT2D eigenvalue weighted by Gasteiger charge is 2.24. The number of rotatable bonds is 8. The number of nitrogens with zero attached hydrogens (tertiary/aromatic N) is 3. The van der Waals surface area contributed by atoms with E-state index in [-0.39, 0.29) is 18.5 Å². The lowest BCUT2D eigenvalue weighted by Crippen LogP contribution is -2.43. The summed E-state index contributed by atoms with van der Waals surface area (Å²) in [5, 5.41) is 6.76. The fourth-order valence-electron chi connectivity index (χ4n) is 4.28. The minimum atomic E-state index is 0.121. The molecule has 0 bridgehead atoms. The molecule has 166 valence electrons. The zero-order valence-corrected chi connectivity index (χ0v) is 18.5. The van der Waals surface area contributed by atoms with Crippen LogP contribution in [0.1, 0.15) is 50.6 Å². The molecule has 0 saturated carbocycles. The Morgan fingerprint density at radius 3 is 2.53 bits per heavy atom. The highest BCUT2D eigenvalue weighted by molar-refractivity contribution is 5.85. The van der Waals surface area contributed by atoms with Gasteiger partial charge < -0.3 is 20.3 Å². The van der Waals surface area contributed by atoms with E-state index in [1.54, 1.807) is 7.11 Å². The van der Waals surface area contributed by atoms with Crippen molar-refractivity contribution in [1.82, 2.24) is 20.4 Å². The molecule has 7 heteroatoms. The number of ether oxygens (including phenoxy) is 1. The van der Waals surface area contributed by atoms with E-state index >= 15 is 0 Å². The van der Waals surface area contributed by atoms with Crippen molar-refractivity contribution in [2.24, 2.45) is 4.99 Å². The summed E-state index contributed by atoms with van der Waals surface area (Å²) in [5.41, 5.74) is 1.24. The smallest absolute Gasteiger partial charge is 0.244 e. The third-order valence-electron chi connectivity index (χ3n) is 5.95. The van der Waals surface area contributed by atoms with Crippen molar-refractivity contribution in [2.45, 2.75) is 45.1 Å². The number of guanidine groups is 1. The maximum absolute atomic E-state index is 12.5. The molecule has 0 aliphatic carbocycles. The maximum atomic E-state index is 12.5. The molecule has 1 aromatic rings. The summed E-state index contributed by atoms with van der Waals surface area (Å²) in [6, 6.07) is 8.55. The number of benzene rings is 1. The average Bonchev–Trinajstić information content (AvgIpc) is 3.32. The van der Waals surface area contributed by atoms with Crippen LogP contribution in [-0.4, -0.2) is 74.6 Å². The molecule has 0 aromatic heterocycles. The highest BCUT2D eigenvalue weighted by Crippen LogP contribution is 2.27. The second-order valence-corrected chi connectivity index (χ2v) is 8.05. The fraction of sp³-hybridized carbons (Fsp3) is 0.652. The quantitative estimate of drug-likeness (QED) is 0.504. The lowest BCUT2D eigenvalue weighted by atomic mass is 10.1. The summed E-state index contributed by atoms with van der Waals surface area (Å²) in [5.74, 6) is 1.70. The van der Waals surface area contributed by atoms with Crippen LogP contribution in [0.2, 0.25) is 0 Å². The van der Waals surface area contributed by atoms with E-state index in [2.05, 4.69) is 32.7 Å². The number of aliphatic imine (C=N–C) groups is 1. The first-order chi connectivity index (χ1) is 14.7. The van der Waals surface area contributed by atoms with Crippen molar-refractivity contribution < 1.29 is 9.53 Å². The Morgan fingerprint density at radius 2 is 1.83 bits per heavy atom. The number of piperidine rings is 1. The largest absolute Gasteiger partial charge is 0.497 e. The third-order valence-corrected chi connectivity index (χ3v) is 5.95. The molecule has 2 saturated heterocycles. The number of carbonyl (C=O) groups is 1. The van der Waals surface area contributed by atoms with Crippen LogP contribution < -0.4 is 15.4 Å². The number of methoxy groups -OCH3 is 1. The first-order valence-corrected chi connectivity index (χ1v) is 11.4. The fourth-order valence-corrected chi connectivity index (χ4v) is 4.28. The molecule has 2 fully saturated rings. The molecule has 2 aliphatic heterocycles. The first-order valence-electron chi connectivity index (χ1n) is 11.4. The lowest BCUT2D eigenvalue weighted by Gasteiger charge is -2.29. The van der Waals surface area contributed by atoms with Gasteiger partial charge in [0.05, 0.1) is 13.2 Å². The normalized spacial score (nSPS) is 18.9. The molecular formula is C23H37N5O2. The molecule has 0 spiro atoms. The van der Waals surface area contributed by atoms with Crippen molar-refractivity contribution in [3.63, 3.8) is 0 Å². The summed E-state index contributed by atoms with van der Waals surface area (Å²) in [4.78, 5) is 21.5. The number of hydrogen-bond acceptors (Lipinski definition) is 4. The minimum absolute atomic E-state index is 0.121. The summed E-state index contributed by atoms with van der Waals surface area (Å²) >= 11 is 0. The van der Waals surface area contributed by atoms with E-state index in [0.717, 1.165) is 57.9 Å². The Hall–Kier alpha value is -2.28. The van der Waals surface area contributed by atoms with E-state index in [0.29, 0.717) is 5.96 Å². The van der Waals surface area contributed by atoms with E-state index in [9.17, 15) is 4.79 Å². The van der Waals surface area contributed by atoms with Crippen LogP contribution in [0.15, 0.2) is 29.3 Å². The van der Waals surface area contributed by atoms with Crippen LogP contribution in [0.4, 0.5) is 0 Å². The number of amides is 1. The number of likely N-dealkylation sites (tertiary alicyclic amines) is 2. The molecule has 1 unspecified atom stereocenters. The van der Waals surface area contributed by atoms with Gasteiger partial charge in [-0.25, -0.2) is 4.99 Å². The Kier molecular flexibility index (Phi) is 8.81. The van der Waals surface area contributed by atoms with Gasteiger partial charge in [-0.05, 0) is 69.8 Å². The SMILES string of the molecule is CCNC(=NCC(=O)N1CCCCC1)NCC(c1cccc(OC)c1)N1CCCC1. The second-order valence-electron chi connectivity index (χ2n) is 8.05. The molecule has 2 heterocycles. The monoisotopic (exact) mass is 415 g/mol. The molecule has 0 radical (unpaired) electrons. The number of hydrogen-bond donors (Lipinski definition) is 2. The van der Waals surface area contributed by atoms with Crippen LogP contribution in [0.3, 0.4) is 0 Å². The Labute approximate surface area is 180 Å². The lowest BCUT2D eigenvalue weighted by molar-refractivity contribution is -0.130. The average molecular weight is 416 g/mol. The van der Waals surface area contributed by atoms with E-state index in [4.69, 9.17) is 4.74 Å². The maximum Gasteiger partial charge on any atom is 0.244 e. The van der Waals surface area contributed by atoms with Gasteiger partial charge in [-0.3, -0.25) is 9.69 Å². The van der Waals surface area contributed by atoms with E-state index in [1.807, 2.05) is 24.0 Å². The second kappa shape index (κ2) is 11.8. The van der Waals surface area contributed by atoms with Crippen LogP contribution >= 0.6 is 0 Å². The van der Waals surface area contributed by atoms with Gasteiger partial charge in [-0.15, -0.1) is 0 Å². The summed E-state index contributed by atoms with van der Waals surface area (Å²) < 4.78 is 5.44. The molecule has 2 aliphatic rings. The van der Waals surface area contributed by atoms with Crippen molar-refractivity contribution in [2.75, 3.05) is 52.9 Å². The van der Waals surface area contributed by atoms with Gasteiger partial charge in [0.1, 0.15) is 12.3 Å². The summed E-state index contributed by atoms with van der Waals surface area (Å²) in [6.07, 6.45) is 5.90. The van der Waals surface area contributed by atoms with Crippen molar-refractivity contribution in [1.29, 1.82) is 0 Å². The first kappa shape index (κ1) is 22.4. The number of carbonyl (C=O) groups excluding carboxylic acids is 1. The van der Waals surface area contributed by atoms with Gasteiger partial charge in [0.15, 0.2) is 5.96 Å². The van der Waals surface area contributed by atoms with Gasteiger partial charge in [0.25, 0.3) is 0 Å². The predicted octanol–water partition coefficient (Wildman–Crippen LogP) is 2.40. The van der Waals surface area contributed by atoms with E-state index < -0.39 is 0 Å². The van der Waals surface area contributed by atoms with Crippen molar-refractivity contribution in [3.8, 4) is 5.75 Å². The Balaban J connectivity index is 1.65. The van der Waals surface area contributed by atoms with Crippen LogP contribution in [0.5, 0.6) is 5.75 Å². The Bertz CT molecular complexity index is 697. The zero-order chi connectivity index (χ0) is 21.2. The highest BCUT2D eigenvalue weighted by atomic mass is 16.5.